The maximum absolute atomic E-state index is 13.8. The lowest BCUT2D eigenvalue weighted by molar-refractivity contribution is -0.136. The second-order valence-corrected chi connectivity index (χ2v) is 5.87. The number of amides is 1. The summed E-state index contributed by atoms with van der Waals surface area (Å²) in [7, 11) is 3.58. The highest BCUT2D eigenvalue weighted by Gasteiger charge is 2.38. The quantitative estimate of drug-likeness (QED) is 0.869. The third-order valence-corrected chi connectivity index (χ3v) is 4.26. The minimum absolute atomic E-state index is 0.0428. The summed E-state index contributed by atoms with van der Waals surface area (Å²) in [6, 6.07) is 6.51. The Morgan fingerprint density at radius 1 is 1.48 bits per heavy atom. The molecule has 0 radical (unpaired) electrons. The van der Waals surface area contributed by atoms with E-state index in [4.69, 9.17) is 4.74 Å². The van der Waals surface area contributed by atoms with Crippen LogP contribution in [0.2, 0.25) is 0 Å². The van der Waals surface area contributed by atoms with Crippen molar-refractivity contribution in [1.29, 1.82) is 0 Å². The maximum Gasteiger partial charge on any atom is 0.228 e. The zero-order valence-electron chi connectivity index (χ0n) is 13.3. The first-order valence-electron chi connectivity index (χ1n) is 7.65. The third-order valence-electron chi connectivity index (χ3n) is 4.26. The van der Waals surface area contributed by atoms with E-state index >= 15 is 0 Å². The van der Waals surface area contributed by atoms with E-state index in [0.717, 1.165) is 5.82 Å². The molecule has 0 N–H and O–H groups in total. The molecule has 6 heteroatoms. The van der Waals surface area contributed by atoms with E-state index in [2.05, 4.69) is 4.98 Å². The number of aromatic nitrogens is 2. The van der Waals surface area contributed by atoms with Gasteiger partial charge in [-0.2, -0.15) is 0 Å². The van der Waals surface area contributed by atoms with Crippen LogP contribution in [0.5, 0.6) is 0 Å². The molecule has 1 fully saturated rings. The molecule has 122 valence electrons. The fourth-order valence-electron chi connectivity index (χ4n) is 2.99. The summed E-state index contributed by atoms with van der Waals surface area (Å²) in [6.07, 6.45) is 3.84. The number of ether oxygens (including phenoxy) is 1. The van der Waals surface area contributed by atoms with Crippen molar-refractivity contribution in [3.63, 3.8) is 0 Å². The Labute approximate surface area is 134 Å². The molecule has 1 amide bonds. The third kappa shape index (κ3) is 3.12. The number of hydrogen-bond donors (Lipinski definition) is 0. The topological polar surface area (TPSA) is 47.4 Å². The van der Waals surface area contributed by atoms with Crippen LogP contribution < -0.4 is 0 Å². The summed E-state index contributed by atoms with van der Waals surface area (Å²) in [4.78, 5) is 18.6. The second-order valence-electron chi connectivity index (χ2n) is 5.87. The Kier molecular flexibility index (Phi) is 4.43. The zero-order valence-corrected chi connectivity index (χ0v) is 13.3. The van der Waals surface area contributed by atoms with Gasteiger partial charge in [0.25, 0.3) is 0 Å². The molecule has 1 saturated heterocycles. The lowest BCUT2D eigenvalue weighted by Crippen LogP contribution is -2.34. The number of imidazole rings is 1. The molecular formula is C17H20FN3O2. The Balaban J connectivity index is 1.74. The summed E-state index contributed by atoms with van der Waals surface area (Å²) in [5, 5.41) is 0. The summed E-state index contributed by atoms with van der Waals surface area (Å²) in [6.45, 7) is 0.775. The molecule has 3 rings (SSSR count). The van der Waals surface area contributed by atoms with Crippen LogP contribution in [0.3, 0.4) is 0 Å². The van der Waals surface area contributed by atoms with E-state index < -0.39 is 0 Å². The molecule has 0 aliphatic carbocycles. The molecular weight excluding hydrogens is 297 g/mol. The van der Waals surface area contributed by atoms with Crippen LogP contribution in [0.15, 0.2) is 36.7 Å². The van der Waals surface area contributed by atoms with Gasteiger partial charge in [-0.25, -0.2) is 9.37 Å². The molecule has 5 nitrogen and oxygen atoms in total. The smallest absolute Gasteiger partial charge is 0.228 e. The average molecular weight is 317 g/mol. The van der Waals surface area contributed by atoms with E-state index in [1.807, 2.05) is 17.8 Å². The molecule has 23 heavy (non-hydrogen) atoms. The SMILES string of the molecule is CN(Cc1ccccc1F)C(=O)[C@@H]1CCO[C@H]1c1nccn1C. The molecule has 0 bridgehead atoms. The minimum atomic E-state index is -0.342. The van der Waals surface area contributed by atoms with E-state index in [0.29, 0.717) is 18.6 Å². The van der Waals surface area contributed by atoms with Gasteiger partial charge in [-0.15, -0.1) is 0 Å². The van der Waals surface area contributed by atoms with Gasteiger partial charge in [0.05, 0.1) is 5.92 Å². The number of nitrogens with zero attached hydrogens (tertiary/aromatic N) is 3. The van der Waals surface area contributed by atoms with E-state index in [1.165, 1.54) is 6.07 Å². The number of aryl methyl sites for hydroxylation is 1. The fourth-order valence-corrected chi connectivity index (χ4v) is 2.99. The Hall–Kier alpha value is -2.21. The number of carbonyl (C=O) groups excluding carboxylic acids is 1. The Morgan fingerprint density at radius 3 is 2.96 bits per heavy atom. The van der Waals surface area contributed by atoms with Gasteiger partial charge in [0, 0.05) is 45.2 Å². The van der Waals surface area contributed by atoms with Gasteiger partial charge < -0.3 is 14.2 Å². The van der Waals surface area contributed by atoms with Gasteiger partial charge in [-0.3, -0.25) is 4.79 Å². The van der Waals surface area contributed by atoms with Gasteiger partial charge in [0.2, 0.25) is 5.91 Å². The van der Waals surface area contributed by atoms with Crippen molar-refractivity contribution in [3.8, 4) is 0 Å². The maximum atomic E-state index is 13.8. The van der Waals surface area contributed by atoms with Crippen molar-refractivity contribution in [3.05, 3.63) is 53.9 Å². The van der Waals surface area contributed by atoms with Crippen LogP contribution in [-0.4, -0.2) is 34.0 Å². The van der Waals surface area contributed by atoms with Crippen LogP contribution in [0.1, 0.15) is 23.9 Å². The number of rotatable bonds is 4. The molecule has 1 aliphatic heterocycles. The van der Waals surface area contributed by atoms with E-state index in [9.17, 15) is 9.18 Å². The van der Waals surface area contributed by atoms with E-state index in [1.54, 1.807) is 36.3 Å². The highest BCUT2D eigenvalue weighted by Crippen LogP contribution is 2.34. The van der Waals surface area contributed by atoms with Crippen molar-refractivity contribution in [2.75, 3.05) is 13.7 Å². The monoisotopic (exact) mass is 317 g/mol. The number of benzene rings is 1. The molecule has 0 unspecified atom stereocenters. The van der Waals surface area contributed by atoms with Gasteiger partial charge in [0.1, 0.15) is 17.7 Å². The minimum Gasteiger partial charge on any atom is -0.369 e. The predicted octanol–water partition coefficient (Wildman–Crippen LogP) is 2.30. The standard InChI is InChI=1S/C17H20FN3O2/c1-20-9-8-19-16(20)15-13(7-10-23-15)17(22)21(2)11-12-5-3-4-6-14(12)18/h3-6,8-9,13,15H,7,10-11H2,1-2H3/t13-,15-/m1/s1. The fraction of sp³-hybridized carbons (Fsp3) is 0.412. The van der Waals surface area contributed by atoms with Crippen molar-refractivity contribution >= 4 is 5.91 Å². The second kappa shape index (κ2) is 6.50. The first-order valence-corrected chi connectivity index (χ1v) is 7.65. The van der Waals surface area contributed by atoms with Gasteiger partial charge in [-0.1, -0.05) is 18.2 Å². The number of hydrogen-bond acceptors (Lipinski definition) is 3. The van der Waals surface area contributed by atoms with Crippen LogP contribution in [-0.2, 0) is 23.1 Å². The molecule has 0 saturated carbocycles. The van der Waals surface area contributed by atoms with Crippen LogP contribution in [0, 0.1) is 11.7 Å². The molecule has 2 aromatic rings. The Morgan fingerprint density at radius 2 is 2.26 bits per heavy atom. The lowest BCUT2D eigenvalue weighted by Gasteiger charge is -2.24. The van der Waals surface area contributed by atoms with Crippen molar-refractivity contribution in [2.24, 2.45) is 13.0 Å². The van der Waals surface area contributed by atoms with Crippen LogP contribution in [0.25, 0.3) is 0 Å². The Bertz CT molecular complexity index is 701. The first-order chi connectivity index (χ1) is 11.1. The normalized spacial score (nSPS) is 20.7. The zero-order chi connectivity index (χ0) is 16.4. The summed E-state index contributed by atoms with van der Waals surface area (Å²) in [5.41, 5.74) is 0.510. The van der Waals surface area contributed by atoms with Crippen molar-refractivity contribution in [1.82, 2.24) is 14.5 Å². The van der Waals surface area contributed by atoms with Crippen molar-refractivity contribution < 1.29 is 13.9 Å². The molecule has 1 aliphatic rings. The lowest BCUT2D eigenvalue weighted by atomic mass is 9.99. The van der Waals surface area contributed by atoms with Gasteiger partial charge >= 0.3 is 0 Å². The predicted molar refractivity (Wildman–Crippen MR) is 82.9 cm³/mol. The average Bonchev–Trinajstić information content (AvgIpc) is 3.17. The molecule has 0 spiro atoms. The summed E-state index contributed by atoms with van der Waals surface area (Å²) in [5.74, 6) is 0.127. The number of carbonyl (C=O) groups is 1. The van der Waals surface area contributed by atoms with Gasteiger partial charge in [0.15, 0.2) is 0 Å². The number of halogens is 1. The van der Waals surface area contributed by atoms with Crippen molar-refractivity contribution in [2.45, 2.75) is 19.1 Å². The van der Waals surface area contributed by atoms with E-state index in [-0.39, 0.29) is 30.3 Å². The van der Waals surface area contributed by atoms with Crippen LogP contribution >= 0.6 is 0 Å². The highest BCUT2D eigenvalue weighted by molar-refractivity contribution is 5.79. The molecule has 2 heterocycles. The van der Waals surface area contributed by atoms with Crippen LogP contribution in [0.4, 0.5) is 4.39 Å². The van der Waals surface area contributed by atoms with Gasteiger partial charge in [-0.05, 0) is 12.5 Å². The summed E-state index contributed by atoms with van der Waals surface area (Å²) < 4.78 is 21.4. The summed E-state index contributed by atoms with van der Waals surface area (Å²) >= 11 is 0. The molecule has 1 aromatic heterocycles. The molecule has 1 aromatic carbocycles. The highest BCUT2D eigenvalue weighted by atomic mass is 19.1. The first kappa shape index (κ1) is 15.7. The largest absolute Gasteiger partial charge is 0.369 e. The molecule has 2 atom stereocenters.